The highest BCUT2D eigenvalue weighted by molar-refractivity contribution is 7.98. The smallest absolute Gasteiger partial charge is 0.275 e. The number of benzene rings is 1. The van der Waals surface area contributed by atoms with Gasteiger partial charge in [-0.05, 0) is 18.4 Å². The number of hydrogen-bond acceptors (Lipinski definition) is 6. The Hall–Kier alpha value is -1.99. The highest BCUT2D eigenvalue weighted by Gasteiger charge is 2.17. The molecule has 1 aliphatic heterocycles. The number of thioether (sulfide) groups is 1. The predicted molar refractivity (Wildman–Crippen MR) is 79.3 cm³/mol. The van der Waals surface area contributed by atoms with E-state index in [0.29, 0.717) is 22.3 Å². The van der Waals surface area contributed by atoms with Crippen LogP contribution in [0.4, 0.5) is 5.69 Å². The molecule has 0 bridgehead atoms. The minimum Gasteiger partial charge on any atom is -0.454 e. The molecule has 0 fully saturated rings. The molecule has 0 radical (unpaired) electrons. The molecule has 8 heteroatoms. The van der Waals surface area contributed by atoms with E-state index >= 15 is 0 Å². The fourth-order valence-corrected chi connectivity index (χ4v) is 2.29. The van der Waals surface area contributed by atoms with Gasteiger partial charge in [-0.25, -0.2) is 9.97 Å². The summed E-state index contributed by atoms with van der Waals surface area (Å²) in [5, 5.41) is 3.40. The highest BCUT2D eigenvalue weighted by atomic mass is 35.5. The summed E-state index contributed by atoms with van der Waals surface area (Å²) in [6.45, 7) is 0.182. The van der Waals surface area contributed by atoms with Crippen molar-refractivity contribution in [3.63, 3.8) is 0 Å². The Labute approximate surface area is 129 Å². The first-order valence-electron chi connectivity index (χ1n) is 5.95. The maximum absolute atomic E-state index is 12.2. The topological polar surface area (TPSA) is 73.3 Å². The van der Waals surface area contributed by atoms with Crippen molar-refractivity contribution in [3.8, 4) is 11.5 Å². The second kappa shape index (κ2) is 5.79. The fraction of sp³-hybridized carbons (Fsp3) is 0.154. The molecule has 1 aromatic carbocycles. The minimum absolute atomic E-state index is 0.133. The number of aromatic nitrogens is 2. The first-order chi connectivity index (χ1) is 10.2. The largest absolute Gasteiger partial charge is 0.454 e. The first kappa shape index (κ1) is 14.0. The molecule has 108 valence electrons. The van der Waals surface area contributed by atoms with Crippen LogP contribution < -0.4 is 14.8 Å². The number of rotatable bonds is 3. The van der Waals surface area contributed by atoms with Crippen molar-refractivity contribution in [2.45, 2.75) is 5.16 Å². The lowest BCUT2D eigenvalue weighted by Gasteiger charge is -2.07. The molecule has 1 aromatic heterocycles. The van der Waals surface area contributed by atoms with E-state index in [1.807, 2.05) is 6.26 Å². The van der Waals surface area contributed by atoms with Gasteiger partial charge in [0.1, 0.15) is 0 Å². The van der Waals surface area contributed by atoms with Crippen LogP contribution in [0, 0.1) is 0 Å². The number of nitrogens with one attached hydrogen (secondary N) is 1. The van der Waals surface area contributed by atoms with Crippen LogP contribution >= 0.6 is 23.4 Å². The molecule has 1 amide bonds. The van der Waals surface area contributed by atoms with E-state index in [-0.39, 0.29) is 17.5 Å². The monoisotopic (exact) mass is 323 g/mol. The SMILES string of the molecule is CSc1ncc(Cl)c(C(=O)Nc2ccc3c(c2)OCO3)n1. The Kier molecular flexibility index (Phi) is 3.85. The average Bonchev–Trinajstić information content (AvgIpc) is 2.95. The summed E-state index contributed by atoms with van der Waals surface area (Å²) < 4.78 is 10.5. The number of hydrogen-bond donors (Lipinski definition) is 1. The second-order valence-corrected chi connectivity index (χ2v) is 5.26. The second-order valence-electron chi connectivity index (χ2n) is 4.08. The number of anilines is 1. The van der Waals surface area contributed by atoms with Crippen molar-refractivity contribution >= 4 is 35.0 Å². The van der Waals surface area contributed by atoms with Gasteiger partial charge in [-0.1, -0.05) is 23.4 Å². The van der Waals surface area contributed by atoms with Crippen molar-refractivity contribution < 1.29 is 14.3 Å². The Morgan fingerprint density at radius 1 is 1.38 bits per heavy atom. The third-order valence-electron chi connectivity index (χ3n) is 2.75. The molecule has 2 aromatic rings. The highest BCUT2D eigenvalue weighted by Crippen LogP contribution is 2.34. The Morgan fingerprint density at radius 2 is 2.19 bits per heavy atom. The first-order valence-corrected chi connectivity index (χ1v) is 7.55. The molecule has 1 N–H and O–H groups in total. The van der Waals surface area contributed by atoms with Crippen molar-refractivity contribution in [2.75, 3.05) is 18.4 Å². The summed E-state index contributed by atoms with van der Waals surface area (Å²) in [5.41, 5.74) is 0.707. The van der Waals surface area contributed by atoms with E-state index in [9.17, 15) is 4.79 Å². The number of carbonyl (C=O) groups excluding carboxylic acids is 1. The summed E-state index contributed by atoms with van der Waals surface area (Å²) >= 11 is 7.30. The molecule has 0 saturated heterocycles. The number of halogens is 1. The zero-order valence-electron chi connectivity index (χ0n) is 10.9. The van der Waals surface area contributed by atoms with Gasteiger partial charge in [0.2, 0.25) is 6.79 Å². The molecular formula is C13H10ClN3O3S. The Morgan fingerprint density at radius 3 is 3.00 bits per heavy atom. The third kappa shape index (κ3) is 2.88. The zero-order chi connectivity index (χ0) is 14.8. The summed E-state index contributed by atoms with van der Waals surface area (Å²) in [7, 11) is 0. The molecule has 21 heavy (non-hydrogen) atoms. The number of amides is 1. The van der Waals surface area contributed by atoms with Gasteiger partial charge in [0.05, 0.1) is 11.2 Å². The molecule has 0 atom stereocenters. The zero-order valence-corrected chi connectivity index (χ0v) is 12.5. The van der Waals surface area contributed by atoms with Gasteiger partial charge < -0.3 is 14.8 Å². The van der Waals surface area contributed by atoms with Gasteiger partial charge >= 0.3 is 0 Å². The summed E-state index contributed by atoms with van der Waals surface area (Å²) in [6, 6.07) is 5.13. The van der Waals surface area contributed by atoms with Crippen molar-refractivity contribution in [3.05, 3.63) is 35.1 Å². The lowest BCUT2D eigenvalue weighted by Crippen LogP contribution is -2.15. The molecule has 0 saturated carbocycles. The van der Waals surface area contributed by atoms with Crippen LogP contribution in [0.2, 0.25) is 5.02 Å². The van der Waals surface area contributed by atoms with E-state index in [4.69, 9.17) is 21.1 Å². The van der Waals surface area contributed by atoms with Crippen LogP contribution in [0.3, 0.4) is 0 Å². The number of fused-ring (bicyclic) bond motifs is 1. The molecule has 3 rings (SSSR count). The van der Waals surface area contributed by atoms with Gasteiger partial charge in [0, 0.05) is 11.8 Å². The summed E-state index contributed by atoms with van der Waals surface area (Å²) in [6.07, 6.45) is 3.23. The minimum atomic E-state index is -0.406. The normalized spacial score (nSPS) is 12.3. The third-order valence-corrected chi connectivity index (χ3v) is 3.59. The summed E-state index contributed by atoms with van der Waals surface area (Å²) in [5.74, 6) is 0.834. The summed E-state index contributed by atoms with van der Waals surface area (Å²) in [4.78, 5) is 20.3. The maximum Gasteiger partial charge on any atom is 0.275 e. The molecule has 1 aliphatic rings. The van der Waals surface area contributed by atoms with E-state index in [1.165, 1.54) is 18.0 Å². The van der Waals surface area contributed by atoms with Crippen LogP contribution in [-0.2, 0) is 0 Å². The molecule has 0 aliphatic carbocycles. The Balaban J connectivity index is 1.83. The molecule has 6 nitrogen and oxygen atoms in total. The maximum atomic E-state index is 12.2. The van der Waals surface area contributed by atoms with E-state index < -0.39 is 5.91 Å². The van der Waals surface area contributed by atoms with Gasteiger partial charge in [0.15, 0.2) is 22.3 Å². The van der Waals surface area contributed by atoms with Crippen molar-refractivity contribution in [1.29, 1.82) is 0 Å². The number of nitrogens with zero attached hydrogens (tertiary/aromatic N) is 2. The average molecular weight is 324 g/mol. The fourth-order valence-electron chi connectivity index (χ4n) is 1.77. The standard InChI is InChI=1S/C13H10ClN3O3S/c1-21-13-15-5-8(14)11(17-13)12(18)16-7-2-3-9-10(4-7)20-6-19-9/h2-5H,6H2,1H3,(H,16,18). The van der Waals surface area contributed by atoms with Crippen LogP contribution in [0.1, 0.15) is 10.5 Å². The van der Waals surface area contributed by atoms with Crippen LogP contribution in [0.5, 0.6) is 11.5 Å². The van der Waals surface area contributed by atoms with Crippen LogP contribution in [0.25, 0.3) is 0 Å². The van der Waals surface area contributed by atoms with Crippen LogP contribution in [-0.4, -0.2) is 28.9 Å². The van der Waals surface area contributed by atoms with Crippen molar-refractivity contribution in [2.24, 2.45) is 0 Å². The number of ether oxygens (including phenoxy) is 2. The molecular weight excluding hydrogens is 314 g/mol. The molecule has 2 heterocycles. The van der Waals surface area contributed by atoms with E-state index in [0.717, 1.165) is 0 Å². The van der Waals surface area contributed by atoms with Gasteiger partial charge in [-0.2, -0.15) is 0 Å². The lowest BCUT2D eigenvalue weighted by molar-refractivity contribution is 0.102. The lowest BCUT2D eigenvalue weighted by atomic mass is 10.2. The van der Waals surface area contributed by atoms with Gasteiger partial charge in [-0.15, -0.1) is 0 Å². The van der Waals surface area contributed by atoms with E-state index in [1.54, 1.807) is 18.2 Å². The van der Waals surface area contributed by atoms with Crippen molar-refractivity contribution in [1.82, 2.24) is 9.97 Å². The number of carbonyl (C=O) groups is 1. The molecule has 0 spiro atoms. The predicted octanol–water partition coefficient (Wildman–Crippen LogP) is 2.83. The molecule has 0 unspecified atom stereocenters. The van der Waals surface area contributed by atoms with Gasteiger partial charge in [0.25, 0.3) is 5.91 Å². The Bertz CT molecular complexity index is 711. The van der Waals surface area contributed by atoms with Crippen LogP contribution in [0.15, 0.2) is 29.6 Å². The van der Waals surface area contributed by atoms with E-state index in [2.05, 4.69) is 15.3 Å². The van der Waals surface area contributed by atoms with Gasteiger partial charge in [-0.3, -0.25) is 4.79 Å². The quantitative estimate of drug-likeness (QED) is 0.691.